The highest BCUT2D eigenvalue weighted by Gasteiger charge is 2.26. The topological polar surface area (TPSA) is 105 Å². The number of rotatable bonds is 7. The summed E-state index contributed by atoms with van der Waals surface area (Å²) in [4.78, 5) is 25.9. The number of ether oxygens (including phenoxy) is 1. The number of thiophene rings is 1. The zero-order valence-electron chi connectivity index (χ0n) is 16.0. The predicted molar refractivity (Wildman–Crippen MR) is 112 cm³/mol. The molecule has 0 N–H and O–H groups in total. The Kier molecular flexibility index (Phi) is 6.59. The van der Waals surface area contributed by atoms with Crippen LogP contribution in [0.1, 0.15) is 29.2 Å². The number of hydrogen-bond acceptors (Lipinski definition) is 8. The smallest absolute Gasteiger partial charge is 0.362 e. The Balaban J connectivity index is 2.12. The molecule has 0 fully saturated rings. The lowest BCUT2D eigenvalue weighted by Gasteiger charge is -2.12. The first-order chi connectivity index (χ1) is 14.3. The van der Waals surface area contributed by atoms with Crippen molar-refractivity contribution in [1.29, 1.82) is 0 Å². The van der Waals surface area contributed by atoms with Crippen LogP contribution in [0.15, 0.2) is 51.5 Å². The molecule has 3 rings (SSSR count). The molecule has 2 heterocycles. The molecule has 0 spiro atoms. The molecule has 1 aromatic carbocycles. The maximum absolute atomic E-state index is 12.7. The molecule has 0 atom stereocenters. The van der Waals surface area contributed by atoms with Crippen LogP contribution in [0.4, 0.5) is 0 Å². The van der Waals surface area contributed by atoms with Crippen molar-refractivity contribution in [1.82, 2.24) is 9.78 Å². The van der Waals surface area contributed by atoms with Gasteiger partial charge in [-0.25, -0.2) is 4.79 Å². The first kappa shape index (κ1) is 22.0. The molecule has 0 aliphatic rings. The van der Waals surface area contributed by atoms with Gasteiger partial charge in [-0.1, -0.05) is 30.7 Å². The van der Waals surface area contributed by atoms with Crippen molar-refractivity contribution >= 4 is 39.0 Å². The standard InChI is InChI=1S/C19H17ClN2O6S2/c1-3-12-9-10-17(29-12)30(25,26)28-15-11-16(23)22(14-8-6-5-7-13(14)20)21-18(15)19(24)27-4-2/h5-11H,3-4H2,1-2H3. The number of carbonyl (C=O) groups is 1. The van der Waals surface area contributed by atoms with Crippen molar-refractivity contribution < 1.29 is 22.1 Å². The van der Waals surface area contributed by atoms with Crippen LogP contribution in [0.2, 0.25) is 5.02 Å². The second-order valence-corrected chi connectivity index (χ2v) is 9.24. The predicted octanol–water partition coefficient (Wildman–Crippen LogP) is 3.45. The average Bonchev–Trinajstić information content (AvgIpc) is 3.19. The molecule has 0 saturated heterocycles. The minimum absolute atomic E-state index is 0.0166. The molecule has 0 bridgehead atoms. The van der Waals surface area contributed by atoms with E-state index in [4.69, 9.17) is 20.5 Å². The monoisotopic (exact) mass is 468 g/mol. The minimum Gasteiger partial charge on any atom is -0.461 e. The average molecular weight is 469 g/mol. The van der Waals surface area contributed by atoms with Crippen molar-refractivity contribution in [2.24, 2.45) is 0 Å². The highest BCUT2D eigenvalue weighted by Crippen LogP contribution is 2.27. The van der Waals surface area contributed by atoms with Crippen LogP contribution >= 0.6 is 22.9 Å². The number of hydrogen-bond donors (Lipinski definition) is 0. The molecule has 3 aromatic rings. The molecule has 0 aliphatic carbocycles. The van der Waals surface area contributed by atoms with Crippen LogP contribution in [0.25, 0.3) is 5.69 Å². The van der Waals surface area contributed by atoms with Gasteiger partial charge in [0.2, 0.25) is 5.69 Å². The Morgan fingerprint density at radius 3 is 2.57 bits per heavy atom. The third-order valence-corrected chi connectivity index (χ3v) is 7.11. The number of nitrogens with zero attached hydrogens (tertiary/aromatic N) is 2. The summed E-state index contributed by atoms with van der Waals surface area (Å²) in [7, 11) is -4.28. The molecule has 2 aromatic heterocycles. The van der Waals surface area contributed by atoms with Crippen LogP contribution in [0.3, 0.4) is 0 Å². The molecule has 8 nitrogen and oxygen atoms in total. The third-order valence-electron chi connectivity index (χ3n) is 3.88. The zero-order chi connectivity index (χ0) is 21.9. The first-order valence-electron chi connectivity index (χ1n) is 8.86. The lowest BCUT2D eigenvalue weighted by atomic mass is 10.3. The van der Waals surface area contributed by atoms with Crippen molar-refractivity contribution in [2.75, 3.05) is 6.61 Å². The van der Waals surface area contributed by atoms with Crippen molar-refractivity contribution in [3.63, 3.8) is 0 Å². The van der Waals surface area contributed by atoms with Gasteiger partial charge in [0.1, 0.15) is 0 Å². The molecule has 0 radical (unpaired) electrons. The second-order valence-electron chi connectivity index (χ2n) is 5.89. The van der Waals surface area contributed by atoms with Crippen molar-refractivity contribution in [3.05, 3.63) is 68.4 Å². The number of para-hydroxylation sites is 1. The molecule has 30 heavy (non-hydrogen) atoms. The van der Waals surface area contributed by atoms with E-state index in [2.05, 4.69) is 5.10 Å². The summed E-state index contributed by atoms with van der Waals surface area (Å²) >= 11 is 7.16. The van der Waals surface area contributed by atoms with E-state index in [0.717, 1.165) is 27.0 Å². The summed E-state index contributed by atoms with van der Waals surface area (Å²) in [5.41, 5.74) is -0.982. The highest BCUT2D eigenvalue weighted by molar-refractivity contribution is 7.89. The quantitative estimate of drug-likeness (QED) is 0.386. The van der Waals surface area contributed by atoms with Gasteiger partial charge >= 0.3 is 16.1 Å². The lowest BCUT2D eigenvalue weighted by molar-refractivity contribution is 0.0515. The number of halogens is 1. The Hall–Kier alpha value is -2.69. The Morgan fingerprint density at radius 1 is 1.20 bits per heavy atom. The maximum atomic E-state index is 12.7. The van der Waals surface area contributed by atoms with Gasteiger partial charge in [-0.2, -0.15) is 18.2 Å². The minimum atomic E-state index is -4.28. The molecular weight excluding hydrogens is 452 g/mol. The Bertz CT molecular complexity index is 1250. The number of benzene rings is 1. The van der Waals surface area contributed by atoms with Gasteiger partial charge in [-0.15, -0.1) is 11.3 Å². The second kappa shape index (κ2) is 8.99. The summed E-state index contributed by atoms with van der Waals surface area (Å²) in [5.74, 6) is -1.46. The summed E-state index contributed by atoms with van der Waals surface area (Å²) in [6.45, 7) is 3.49. The lowest BCUT2D eigenvalue weighted by Crippen LogP contribution is -2.26. The first-order valence-corrected chi connectivity index (χ1v) is 11.5. The summed E-state index contributed by atoms with van der Waals surface area (Å²) in [6.07, 6.45) is 0.656. The van der Waals surface area contributed by atoms with Gasteiger partial charge in [0, 0.05) is 4.88 Å². The van der Waals surface area contributed by atoms with Gasteiger partial charge in [-0.05, 0) is 37.6 Å². The summed E-state index contributed by atoms with van der Waals surface area (Å²) in [5, 5.41) is 4.20. The van der Waals surface area contributed by atoms with E-state index in [9.17, 15) is 18.0 Å². The van der Waals surface area contributed by atoms with E-state index in [-0.39, 0.29) is 21.5 Å². The maximum Gasteiger partial charge on any atom is 0.362 e. The number of esters is 1. The fourth-order valence-corrected chi connectivity index (χ4v) is 4.88. The van der Waals surface area contributed by atoms with E-state index >= 15 is 0 Å². The van der Waals surface area contributed by atoms with Crippen molar-refractivity contribution in [3.8, 4) is 11.4 Å². The molecular formula is C19H17ClN2O6S2. The van der Waals surface area contributed by atoms with Gasteiger partial charge in [0.25, 0.3) is 5.56 Å². The van der Waals surface area contributed by atoms with Crippen LogP contribution in [-0.2, 0) is 21.3 Å². The highest BCUT2D eigenvalue weighted by atomic mass is 35.5. The molecule has 0 amide bonds. The Labute approximate surface area is 181 Å². The van der Waals surface area contributed by atoms with Gasteiger partial charge < -0.3 is 8.92 Å². The van der Waals surface area contributed by atoms with E-state index in [1.807, 2.05) is 6.92 Å². The molecule has 11 heteroatoms. The molecule has 0 saturated carbocycles. The van der Waals surface area contributed by atoms with Gasteiger partial charge in [0.05, 0.1) is 23.4 Å². The molecule has 0 aliphatic heterocycles. The van der Waals surface area contributed by atoms with Crippen LogP contribution < -0.4 is 9.74 Å². The van der Waals surface area contributed by atoms with Crippen LogP contribution in [0.5, 0.6) is 5.75 Å². The number of carbonyl (C=O) groups excluding carboxylic acids is 1. The fraction of sp³-hybridized carbons (Fsp3) is 0.211. The zero-order valence-corrected chi connectivity index (χ0v) is 18.4. The van der Waals surface area contributed by atoms with E-state index in [0.29, 0.717) is 6.42 Å². The van der Waals surface area contributed by atoms with E-state index in [1.165, 1.54) is 12.1 Å². The van der Waals surface area contributed by atoms with Crippen molar-refractivity contribution in [2.45, 2.75) is 24.5 Å². The van der Waals surface area contributed by atoms with E-state index < -0.39 is 33.1 Å². The van der Waals surface area contributed by atoms with Crippen LogP contribution in [-0.4, -0.2) is 30.8 Å². The van der Waals surface area contributed by atoms with E-state index in [1.54, 1.807) is 31.2 Å². The Morgan fingerprint density at radius 2 is 1.93 bits per heavy atom. The number of aromatic nitrogens is 2. The van der Waals surface area contributed by atoms with Gasteiger partial charge in [0.15, 0.2) is 9.96 Å². The normalized spacial score (nSPS) is 11.3. The number of aryl methyl sites for hydroxylation is 1. The van der Waals surface area contributed by atoms with Gasteiger partial charge in [-0.3, -0.25) is 4.79 Å². The fourth-order valence-electron chi connectivity index (χ4n) is 2.48. The van der Waals surface area contributed by atoms with Crippen LogP contribution in [0, 0.1) is 0 Å². The summed E-state index contributed by atoms with van der Waals surface area (Å²) < 4.78 is 36.2. The summed E-state index contributed by atoms with van der Waals surface area (Å²) in [6, 6.07) is 10.3. The molecule has 158 valence electrons. The molecule has 0 unspecified atom stereocenters. The SMILES string of the molecule is CCOC(=O)c1nn(-c2ccccc2Cl)c(=O)cc1OS(=O)(=O)c1ccc(CC)s1. The largest absolute Gasteiger partial charge is 0.461 e. The third kappa shape index (κ3) is 4.55.